The molecule has 2 aliphatic heterocycles. The summed E-state index contributed by atoms with van der Waals surface area (Å²) >= 11 is 6.41. The monoisotopic (exact) mass is 498 g/mol. The number of aromatic nitrogens is 2. The maximum Gasteiger partial charge on any atom is 0.255 e. The smallest absolute Gasteiger partial charge is 0.255 e. The number of halogens is 1. The summed E-state index contributed by atoms with van der Waals surface area (Å²) in [5.74, 6) is -0.458. The van der Waals surface area contributed by atoms with Crippen LogP contribution in [0.15, 0.2) is 48.6 Å². The van der Waals surface area contributed by atoms with E-state index in [2.05, 4.69) is 26.1 Å². The van der Waals surface area contributed by atoms with Crippen molar-refractivity contribution in [3.05, 3.63) is 64.8 Å². The molecule has 0 fully saturated rings. The van der Waals surface area contributed by atoms with Crippen LogP contribution >= 0.6 is 11.6 Å². The lowest BCUT2D eigenvalue weighted by Crippen LogP contribution is -2.67. The number of hydroxylamine groups is 1. The third-order valence-corrected chi connectivity index (χ3v) is 6.60. The molecule has 2 aromatic rings. The van der Waals surface area contributed by atoms with Crippen LogP contribution in [0, 0.1) is 5.41 Å². The Balaban J connectivity index is 1.70. The predicted molar refractivity (Wildman–Crippen MR) is 131 cm³/mol. The first-order valence-corrected chi connectivity index (χ1v) is 11.4. The third kappa shape index (κ3) is 4.19. The highest BCUT2D eigenvalue weighted by Crippen LogP contribution is 2.42. The summed E-state index contributed by atoms with van der Waals surface area (Å²) in [6.07, 6.45) is 6.26. The number of anilines is 1. The quantitative estimate of drug-likeness (QED) is 0.478. The number of amides is 2. The molecule has 35 heavy (non-hydrogen) atoms. The van der Waals surface area contributed by atoms with Crippen LogP contribution in [0.3, 0.4) is 0 Å². The number of carbonyl (C=O) groups excluding carboxylic acids is 2. The van der Waals surface area contributed by atoms with Crippen LogP contribution in [-0.4, -0.2) is 51.0 Å². The van der Waals surface area contributed by atoms with E-state index < -0.39 is 23.5 Å². The van der Waals surface area contributed by atoms with Crippen LogP contribution in [-0.2, 0) is 16.2 Å². The van der Waals surface area contributed by atoms with Gasteiger partial charge in [0.2, 0.25) is 11.9 Å². The van der Waals surface area contributed by atoms with Crippen molar-refractivity contribution in [2.75, 3.05) is 19.0 Å². The Morgan fingerprint density at radius 2 is 2.11 bits per heavy atom. The minimum atomic E-state index is -1.44. The molecule has 4 rings (SSSR count). The largest absolute Gasteiger partial charge is 0.393 e. The predicted octanol–water partition coefficient (Wildman–Crippen LogP) is 2.58. The van der Waals surface area contributed by atoms with E-state index in [1.54, 1.807) is 18.3 Å². The number of hydrogen-bond acceptors (Lipinski definition) is 8. The van der Waals surface area contributed by atoms with Crippen LogP contribution < -0.4 is 16.1 Å². The molecule has 0 saturated carbocycles. The summed E-state index contributed by atoms with van der Waals surface area (Å²) in [6.45, 7) is 5.16. The summed E-state index contributed by atoms with van der Waals surface area (Å²) in [4.78, 5) is 41.7. The Morgan fingerprint density at radius 1 is 1.34 bits per heavy atom. The van der Waals surface area contributed by atoms with Gasteiger partial charge in [-0.1, -0.05) is 44.5 Å². The van der Waals surface area contributed by atoms with Crippen LogP contribution in [0.4, 0.5) is 5.95 Å². The summed E-state index contributed by atoms with van der Waals surface area (Å²) < 4.78 is 0. The van der Waals surface area contributed by atoms with Crippen molar-refractivity contribution in [2.24, 2.45) is 5.41 Å². The van der Waals surface area contributed by atoms with Crippen molar-refractivity contribution in [1.29, 1.82) is 0 Å². The summed E-state index contributed by atoms with van der Waals surface area (Å²) in [6, 6.07) is 5.34. The van der Waals surface area contributed by atoms with Gasteiger partial charge in [-0.15, -0.1) is 0 Å². The first-order chi connectivity index (χ1) is 16.6. The first kappa shape index (κ1) is 24.5. The number of nitrogens with zero attached hydrogens (tertiary/aromatic N) is 3. The molecule has 1 aromatic carbocycles. The van der Waals surface area contributed by atoms with E-state index in [0.29, 0.717) is 33.5 Å². The zero-order valence-corrected chi connectivity index (χ0v) is 20.6. The fourth-order valence-corrected chi connectivity index (χ4v) is 4.55. The molecule has 3 heterocycles. The van der Waals surface area contributed by atoms with Gasteiger partial charge in [0, 0.05) is 30.8 Å². The Morgan fingerprint density at radius 3 is 2.74 bits per heavy atom. The molecule has 1 aromatic heterocycles. The van der Waals surface area contributed by atoms with E-state index in [1.807, 2.05) is 32.9 Å². The van der Waals surface area contributed by atoms with E-state index in [-0.39, 0.29) is 12.5 Å². The number of fused-ring (bicyclic) bond motifs is 1. The molecule has 1 unspecified atom stereocenters. The average Bonchev–Trinajstić information content (AvgIpc) is 3.16. The Labute approximate surface area is 208 Å². The van der Waals surface area contributed by atoms with Crippen molar-refractivity contribution in [3.8, 4) is 11.3 Å². The van der Waals surface area contributed by atoms with Gasteiger partial charge in [-0.25, -0.2) is 15.4 Å². The van der Waals surface area contributed by atoms with E-state index in [4.69, 9.17) is 16.4 Å². The lowest BCUT2D eigenvalue weighted by Gasteiger charge is -2.47. The van der Waals surface area contributed by atoms with Crippen molar-refractivity contribution >= 4 is 29.4 Å². The molecule has 0 radical (unpaired) electrons. The van der Waals surface area contributed by atoms with Crippen molar-refractivity contribution in [2.45, 2.75) is 32.9 Å². The Hall–Kier alpha value is -3.63. The molecular formula is C24H27ClN6O4. The topological polar surface area (TPSA) is 129 Å². The molecule has 2 amide bonds. The second kappa shape index (κ2) is 9.20. The van der Waals surface area contributed by atoms with Gasteiger partial charge in [0.05, 0.1) is 35.4 Å². The Kier molecular flexibility index (Phi) is 6.44. The standard InChI is InChI=1S/C24H27ClN6O4/c1-23(2,3)24(13-32,21(34)26-4)31-12-15-6-5-14(9-17(15)20(31)33)19-18(25)11-27-22(30-19)29-16-7-8-35-28-10-16/h5-11,28,32H,12-13H2,1-4H3,(H,26,34)(H,27,29,30). The van der Waals surface area contributed by atoms with Gasteiger partial charge >= 0.3 is 0 Å². The van der Waals surface area contributed by atoms with E-state index in [9.17, 15) is 14.7 Å². The van der Waals surface area contributed by atoms with Crippen LogP contribution in [0.2, 0.25) is 5.02 Å². The summed E-state index contributed by atoms with van der Waals surface area (Å²) in [7, 11) is 1.50. The highest BCUT2D eigenvalue weighted by Gasteiger charge is 2.56. The molecule has 1 atom stereocenters. The number of nitrogens with one attached hydrogen (secondary N) is 3. The van der Waals surface area contributed by atoms with Gasteiger partial charge in [0.25, 0.3) is 5.91 Å². The number of allylic oxidation sites excluding steroid dienone is 1. The number of likely N-dealkylation sites (N-methyl/N-ethyl adjacent to an activating group) is 1. The zero-order valence-electron chi connectivity index (χ0n) is 19.8. The first-order valence-electron chi connectivity index (χ1n) is 11.0. The van der Waals surface area contributed by atoms with Crippen LogP contribution in [0.5, 0.6) is 0 Å². The maximum absolute atomic E-state index is 13.6. The minimum absolute atomic E-state index is 0.194. The normalized spacial score (nSPS) is 16.6. The molecule has 184 valence electrons. The molecule has 0 spiro atoms. The SMILES string of the molecule is CNC(=O)C(CO)(N1Cc2ccc(-c3nc(NC4=CNOC=C4)ncc3Cl)cc2C1=O)C(C)(C)C. The third-order valence-electron chi connectivity index (χ3n) is 6.32. The van der Waals surface area contributed by atoms with Gasteiger partial charge in [-0.05, 0) is 17.0 Å². The maximum atomic E-state index is 13.6. The van der Waals surface area contributed by atoms with E-state index in [0.717, 1.165) is 5.56 Å². The molecule has 10 nitrogen and oxygen atoms in total. The molecule has 4 N–H and O–H groups in total. The zero-order chi connectivity index (χ0) is 25.4. The molecule has 0 saturated heterocycles. The van der Waals surface area contributed by atoms with Crippen LogP contribution in [0.25, 0.3) is 11.3 Å². The van der Waals surface area contributed by atoms with Gasteiger partial charge in [-0.2, -0.15) is 0 Å². The molecule has 0 bridgehead atoms. The summed E-state index contributed by atoms with van der Waals surface area (Å²) in [5.41, 5.74) is 3.35. The highest BCUT2D eigenvalue weighted by atomic mass is 35.5. The minimum Gasteiger partial charge on any atom is -0.393 e. The van der Waals surface area contributed by atoms with Gasteiger partial charge < -0.3 is 25.5 Å². The van der Waals surface area contributed by atoms with Gasteiger partial charge in [-0.3, -0.25) is 9.59 Å². The van der Waals surface area contributed by atoms with E-state index in [1.165, 1.54) is 24.4 Å². The Bertz CT molecular complexity index is 1240. The number of hydrogen-bond donors (Lipinski definition) is 4. The number of benzene rings is 1. The number of rotatable bonds is 6. The van der Waals surface area contributed by atoms with Crippen molar-refractivity contribution in [1.82, 2.24) is 25.7 Å². The molecule has 11 heteroatoms. The fourth-order valence-electron chi connectivity index (χ4n) is 4.35. The lowest BCUT2D eigenvalue weighted by molar-refractivity contribution is -0.143. The molecular weight excluding hydrogens is 472 g/mol. The van der Waals surface area contributed by atoms with E-state index >= 15 is 0 Å². The lowest BCUT2D eigenvalue weighted by atomic mass is 9.72. The van der Waals surface area contributed by atoms with Gasteiger partial charge in [0.1, 0.15) is 11.8 Å². The van der Waals surface area contributed by atoms with Gasteiger partial charge in [0.15, 0.2) is 0 Å². The number of aliphatic hydroxyl groups excluding tert-OH is 1. The van der Waals surface area contributed by atoms with Crippen molar-refractivity contribution < 1.29 is 19.5 Å². The second-order valence-electron chi connectivity index (χ2n) is 9.26. The fraction of sp³-hybridized carbons (Fsp3) is 0.333. The highest BCUT2D eigenvalue weighted by molar-refractivity contribution is 6.33. The number of carbonyl (C=O) groups is 2. The summed E-state index contributed by atoms with van der Waals surface area (Å²) in [5, 5.41) is 16.4. The molecule has 2 aliphatic rings. The van der Waals surface area contributed by atoms with Crippen molar-refractivity contribution in [3.63, 3.8) is 0 Å². The molecule has 0 aliphatic carbocycles. The van der Waals surface area contributed by atoms with Crippen LogP contribution in [0.1, 0.15) is 36.7 Å². The number of aliphatic hydroxyl groups is 1. The second-order valence-corrected chi connectivity index (χ2v) is 9.67. The average molecular weight is 499 g/mol.